The molecule has 0 atom stereocenters. The van der Waals surface area contributed by atoms with Crippen molar-refractivity contribution in [1.82, 2.24) is 4.98 Å². The molecule has 4 heteroatoms. The highest BCUT2D eigenvalue weighted by Gasteiger charge is 2.05. The molecule has 0 aliphatic rings. The SMILES string of the molecule is Nc1cccc(-c2sccc2Cl)n1. The van der Waals surface area contributed by atoms with E-state index in [0.717, 1.165) is 15.6 Å². The standard InChI is InChI=1S/C9H7ClN2S/c10-6-4-5-13-9(6)7-2-1-3-8(11)12-7/h1-5H,(H2,11,12). The van der Waals surface area contributed by atoms with Gasteiger partial charge in [-0.15, -0.1) is 11.3 Å². The Morgan fingerprint density at radius 2 is 2.15 bits per heavy atom. The van der Waals surface area contributed by atoms with Gasteiger partial charge in [0, 0.05) is 0 Å². The van der Waals surface area contributed by atoms with Crippen molar-refractivity contribution in [1.29, 1.82) is 0 Å². The number of halogens is 1. The normalized spacial score (nSPS) is 10.2. The predicted molar refractivity (Wildman–Crippen MR) is 57.0 cm³/mol. The van der Waals surface area contributed by atoms with Crippen LogP contribution in [-0.2, 0) is 0 Å². The van der Waals surface area contributed by atoms with E-state index in [9.17, 15) is 0 Å². The zero-order chi connectivity index (χ0) is 9.26. The molecule has 0 aliphatic carbocycles. The van der Waals surface area contributed by atoms with Crippen molar-refractivity contribution in [3.63, 3.8) is 0 Å². The molecule has 0 spiro atoms. The maximum atomic E-state index is 5.96. The smallest absolute Gasteiger partial charge is 0.124 e. The van der Waals surface area contributed by atoms with Crippen LogP contribution in [0.25, 0.3) is 10.6 Å². The Hall–Kier alpha value is -1.06. The molecule has 0 unspecified atom stereocenters. The third-order valence-electron chi connectivity index (χ3n) is 1.62. The van der Waals surface area contributed by atoms with Gasteiger partial charge in [0.2, 0.25) is 0 Å². The van der Waals surface area contributed by atoms with Crippen LogP contribution in [0.15, 0.2) is 29.6 Å². The molecule has 0 saturated heterocycles. The zero-order valence-electron chi connectivity index (χ0n) is 6.70. The molecular formula is C9H7ClN2S. The molecule has 0 aliphatic heterocycles. The summed E-state index contributed by atoms with van der Waals surface area (Å²) in [5, 5.41) is 2.66. The van der Waals surface area contributed by atoms with Gasteiger partial charge in [-0.2, -0.15) is 0 Å². The van der Waals surface area contributed by atoms with E-state index in [1.165, 1.54) is 0 Å². The second-order valence-corrected chi connectivity index (χ2v) is 3.87. The lowest BCUT2D eigenvalue weighted by molar-refractivity contribution is 1.35. The van der Waals surface area contributed by atoms with Crippen molar-refractivity contribution < 1.29 is 0 Å². The van der Waals surface area contributed by atoms with Crippen molar-refractivity contribution >= 4 is 28.8 Å². The first kappa shape index (κ1) is 8.53. The molecule has 2 aromatic rings. The van der Waals surface area contributed by atoms with Gasteiger partial charge < -0.3 is 5.73 Å². The van der Waals surface area contributed by atoms with E-state index in [1.807, 2.05) is 23.6 Å². The highest BCUT2D eigenvalue weighted by Crippen LogP contribution is 2.31. The van der Waals surface area contributed by atoms with E-state index >= 15 is 0 Å². The van der Waals surface area contributed by atoms with E-state index in [0.29, 0.717) is 5.82 Å². The van der Waals surface area contributed by atoms with E-state index in [1.54, 1.807) is 17.4 Å². The lowest BCUT2D eigenvalue weighted by Gasteiger charge is -1.98. The van der Waals surface area contributed by atoms with Crippen LogP contribution in [0.1, 0.15) is 0 Å². The molecule has 2 heterocycles. The highest BCUT2D eigenvalue weighted by molar-refractivity contribution is 7.14. The minimum absolute atomic E-state index is 0.516. The lowest BCUT2D eigenvalue weighted by atomic mass is 10.3. The Kier molecular flexibility index (Phi) is 2.20. The molecule has 0 radical (unpaired) electrons. The fourth-order valence-corrected chi connectivity index (χ4v) is 2.18. The molecule has 0 amide bonds. The Balaban J connectivity index is 2.53. The topological polar surface area (TPSA) is 38.9 Å². The summed E-state index contributed by atoms with van der Waals surface area (Å²) in [6.45, 7) is 0. The van der Waals surface area contributed by atoms with Crippen molar-refractivity contribution in [2.75, 3.05) is 5.73 Å². The minimum Gasteiger partial charge on any atom is -0.384 e. The number of pyridine rings is 1. The summed E-state index contributed by atoms with van der Waals surface area (Å²) in [5.41, 5.74) is 6.40. The van der Waals surface area contributed by atoms with Gasteiger partial charge >= 0.3 is 0 Å². The monoisotopic (exact) mass is 210 g/mol. The summed E-state index contributed by atoms with van der Waals surface area (Å²) < 4.78 is 0. The van der Waals surface area contributed by atoms with Crippen LogP contribution in [0.3, 0.4) is 0 Å². The number of nitrogens with zero attached hydrogens (tertiary/aromatic N) is 1. The number of thiophene rings is 1. The minimum atomic E-state index is 0.516. The third-order valence-corrected chi connectivity index (χ3v) is 2.98. The molecule has 2 rings (SSSR count). The fourth-order valence-electron chi connectivity index (χ4n) is 1.05. The molecule has 2 N–H and O–H groups in total. The van der Waals surface area contributed by atoms with Crippen LogP contribution < -0.4 is 5.73 Å². The number of aromatic nitrogens is 1. The van der Waals surface area contributed by atoms with Crippen molar-refractivity contribution in [2.45, 2.75) is 0 Å². The van der Waals surface area contributed by atoms with Gasteiger partial charge in [0.1, 0.15) is 5.82 Å². The number of nitrogen functional groups attached to an aromatic ring is 1. The van der Waals surface area contributed by atoms with Crippen LogP contribution in [0.2, 0.25) is 5.02 Å². The maximum Gasteiger partial charge on any atom is 0.124 e. The van der Waals surface area contributed by atoms with Gasteiger partial charge in [-0.1, -0.05) is 17.7 Å². The number of hydrogen-bond acceptors (Lipinski definition) is 3. The van der Waals surface area contributed by atoms with E-state index in [2.05, 4.69) is 4.98 Å². The van der Waals surface area contributed by atoms with Crippen molar-refractivity contribution in [3.05, 3.63) is 34.7 Å². The van der Waals surface area contributed by atoms with Gasteiger partial charge in [-0.25, -0.2) is 4.98 Å². The van der Waals surface area contributed by atoms with Gasteiger partial charge in [-0.05, 0) is 23.6 Å². The molecule has 66 valence electrons. The Labute approximate surface area is 85.0 Å². The quantitative estimate of drug-likeness (QED) is 0.786. The average Bonchev–Trinajstić information content (AvgIpc) is 2.51. The number of anilines is 1. The molecular weight excluding hydrogens is 204 g/mol. The second kappa shape index (κ2) is 3.36. The van der Waals surface area contributed by atoms with Crippen molar-refractivity contribution in [2.24, 2.45) is 0 Å². The summed E-state index contributed by atoms with van der Waals surface area (Å²) in [4.78, 5) is 5.15. The van der Waals surface area contributed by atoms with Gasteiger partial charge in [0.25, 0.3) is 0 Å². The first-order valence-electron chi connectivity index (χ1n) is 3.73. The summed E-state index contributed by atoms with van der Waals surface area (Å²) in [6.07, 6.45) is 0. The lowest BCUT2D eigenvalue weighted by Crippen LogP contribution is -1.90. The maximum absolute atomic E-state index is 5.96. The third kappa shape index (κ3) is 1.66. The molecule has 0 saturated carbocycles. The van der Waals surface area contributed by atoms with Crippen LogP contribution in [0, 0.1) is 0 Å². The average molecular weight is 211 g/mol. The molecule has 2 nitrogen and oxygen atoms in total. The number of hydrogen-bond donors (Lipinski definition) is 1. The van der Waals surface area contributed by atoms with Crippen molar-refractivity contribution in [3.8, 4) is 10.6 Å². The fraction of sp³-hybridized carbons (Fsp3) is 0. The first-order chi connectivity index (χ1) is 6.27. The Bertz CT molecular complexity index is 425. The van der Waals surface area contributed by atoms with Gasteiger partial charge in [0.15, 0.2) is 0 Å². The predicted octanol–water partition coefficient (Wildman–Crippen LogP) is 3.05. The zero-order valence-corrected chi connectivity index (χ0v) is 8.27. The molecule has 0 fully saturated rings. The number of rotatable bonds is 1. The largest absolute Gasteiger partial charge is 0.384 e. The molecule has 0 bridgehead atoms. The van der Waals surface area contributed by atoms with E-state index < -0.39 is 0 Å². The molecule has 0 aromatic carbocycles. The van der Waals surface area contributed by atoms with Crippen LogP contribution in [0.5, 0.6) is 0 Å². The second-order valence-electron chi connectivity index (χ2n) is 2.55. The summed E-state index contributed by atoms with van der Waals surface area (Å²) in [5.74, 6) is 0.516. The van der Waals surface area contributed by atoms with Crippen LogP contribution in [0.4, 0.5) is 5.82 Å². The number of nitrogens with two attached hydrogens (primary N) is 1. The van der Waals surface area contributed by atoms with E-state index in [-0.39, 0.29) is 0 Å². The van der Waals surface area contributed by atoms with Crippen LogP contribution >= 0.6 is 22.9 Å². The van der Waals surface area contributed by atoms with Gasteiger partial charge in [0.05, 0.1) is 15.6 Å². The Morgan fingerprint density at radius 1 is 1.31 bits per heavy atom. The van der Waals surface area contributed by atoms with Gasteiger partial charge in [-0.3, -0.25) is 0 Å². The molecule has 2 aromatic heterocycles. The molecule has 13 heavy (non-hydrogen) atoms. The summed E-state index contributed by atoms with van der Waals surface area (Å²) in [6, 6.07) is 7.37. The van der Waals surface area contributed by atoms with Crippen LogP contribution in [-0.4, -0.2) is 4.98 Å². The first-order valence-corrected chi connectivity index (χ1v) is 4.99. The highest BCUT2D eigenvalue weighted by atomic mass is 35.5. The Morgan fingerprint density at radius 3 is 2.77 bits per heavy atom. The van der Waals surface area contributed by atoms with E-state index in [4.69, 9.17) is 17.3 Å². The summed E-state index contributed by atoms with van der Waals surface area (Å²) in [7, 11) is 0. The summed E-state index contributed by atoms with van der Waals surface area (Å²) >= 11 is 7.52.